The van der Waals surface area contributed by atoms with E-state index in [1.54, 1.807) is 4.90 Å². The number of nitrogens with zero attached hydrogens (tertiary/aromatic N) is 2. The molecule has 1 aliphatic heterocycles. The van der Waals surface area contributed by atoms with Gasteiger partial charge in [-0.2, -0.15) is 0 Å². The molecule has 0 fully saturated rings. The average Bonchev–Trinajstić information content (AvgIpc) is 2.82. The lowest BCUT2D eigenvalue weighted by atomic mass is 10.3. The Morgan fingerprint density at radius 2 is 1.58 bits per heavy atom. The summed E-state index contributed by atoms with van der Waals surface area (Å²) in [5, 5.41) is 2.01. The Kier molecular flexibility index (Phi) is 3.25. The van der Waals surface area contributed by atoms with Crippen LogP contribution in [0.15, 0.2) is 71.1 Å². The zero-order valence-corrected chi connectivity index (χ0v) is 10.9. The highest BCUT2D eigenvalue weighted by atomic mass is 32.2. The van der Waals surface area contributed by atoms with Gasteiger partial charge in [-0.25, -0.2) is 0 Å². The van der Waals surface area contributed by atoms with Crippen molar-refractivity contribution in [3.8, 4) is 0 Å². The van der Waals surface area contributed by atoms with Crippen molar-refractivity contribution < 1.29 is 4.21 Å². The fourth-order valence-corrected chi connectivity index (χ4v) is 2.61. The first-order chi connectivity index (χ1) is 9.34. The lowest BCUT2D eigenvalue weighted by molar-refractivity contribution is 0.694. The molecule has 0 radical (unpaired) electrons. The normalized spacial score (nSPS) is 20.1. The van der Waals surface area contributed by atoms with Crippen molar-refractivity contribution in [3.63, 3.8) is 0 Å². The van der Waals surface area contributed by atoms with E-state index in [1.807, 2.05) is 60.7 Å². The molecule has 4 heteroatoms. The van der Waals surface area contributed by atoms with Gasteiger partial charge in [0.05, 0.1) is 10.9 Å². The molecule has 3 nitrogen and oxygen atoms in total. The van der Waals surface area contributed by atoms with Crippen LogP contribution in [0.2, 0.25) is 0 Å². The van der Waals surface area contributed by atoms with E-state index in [1.165, 1.54) is 5.41 Å². The van der Waals surface area contributed by atoms with Crippen LogP contribution in [0.4, 0.5) is 11.4 Å². The molecule has 19 heavy (non-hydrogen) atoms. The molecule has 0 N–H and O–H groups in total. The Bertz CT molecular complexity index is 650. The van der Waals surface area contributed by atoms with E-state index in [-0.39, 0.29) is 0 Å². The molecule has 0 bridgehead atoms. The van der Waals surface area contributed by atoms with Crippen molar-refractivity contribution in [3.05, 3.63) is 72.3 Å². The Balaban J connectivity index is 2.00. The van der Waals surface area contributed by atoms with Crippen LogP contribution in [0.3, 0.4) is 0 Å². The average molecular weight is 267 g/mol. The molecule has 1 aliphatic rings. The second kappa shape index (κ2) is 5.20. The monoisotopic (exact) mass is 267 g/mol. The van der Waals surface area contributed by atoms with Gasteiger partial charge in [-0.15, -0.1) is 0 Å². The first kappa shape index (κ1) is 11.9. The number of hydrogen-bond donors (Lipinski definition) is 0. The quantitative estimate of drug-likeness (QED) is 0.783. The van der Waals surface area contributed by atoms with Gasteiger partial charge in [-0.05, 0) is 17.5 Å². The Morgan fingerprint density at radius 3 is 2.26 bits per heavy atom. The molecule has 1 atom stereocenters. The molecule has 0 amide bonds. The molecule has 2 aromatic rings. The van der Waals surface area contributed by atoms with E-state index in [0.29, 0.717) is 5.17 Å². The molecule has 0 saturated heterocycles. The largest absolute Gasteiger partial charge is 0.455 e. The van der Waals surface area contributed by atoms with Crippen molar-refractivity contribution in [2.24, 2.45) is 4.99 Å². The number of benzene rings is 2. The molecular formula is C15H11N2OS-. The smallest absolute Gasteiger partial charge is 0.0962 e. The third-order valence-corrected chi connectivity index (χ3v) is 3.61. The van der Waals surface area contributed by atoms with Gasteiger partial charge >= 0.3 is 0 Å². The van der Waals surface area contributed by atoms with Gasteiger partial charge in [0, 0.05) is 10.8 Å². The van der Waals surface area contributed by atoms with Crippen LogP contribution in [0.5, 0.6) is 0 Å². The molecule has 0 saturated carbocycles. The minimum Gasteiger partial charge on any atom is -0.455 e. The number of rotatable bonds is 2. The highest BCUT2D eigenvalue weighted by Crippen LogP contribution is 2.22. The first-order valence-corrected chi connectivity index (χ1v) is 7.05. The van der Waals surface area contributed by atoms with Crippen LogP contribution >= 0.6 is 0 Å². The van der Waals surface area contributed by atoms with Crippen LogP contribution in [-0.2, 0) is 10.8 Å². The number of anilines is 1. The van der Waals surface area contributed by atoms with Gasteiger partial charge in [0.2, 0.25) is 0 Å². The van der Waals surface area contributed by atoms with Gasteiger partial charge in [0.25, 0.3) is 0 Å². The predicted molar refractivity (Wildman–Crippen MR) is 78.4 cm³/mol. The fourth-order valence-electron chi connectivity index (χ4n) is 1.77. The molecular weight excluding hydrogens is 256 g/mol. The summed E-state index contributed by atoms with van der Waals surface area (Å²) >= 11 is 0. The highest BCUT2D eigenvalue weighted by Gasteiger charge is 2.12. The lowest BCUT2D eigenvalue weighted by Gasteiger charge is -2.27. The van der Waals surface area contributed by atoms with E-state index < -0.39 is 10.8 Å². The first-order valence-electron chi connectivity index (χ1n) is 5.83. The highest BCUT2D eigenvalue weighted by molar-refractivity contribution is 8.03. The second-order valence-electron chi connectivity index (χ2n) is 3.95. The van der Waals surface area contributed by atoms with E-state index in [4.69, 9.17) is 0 Å². The fraction of sp³-hybridized carbons (Fsp3) is 0. The van der Waals surface area contributed by atoms with E-state index in [2.05, 4.69) is 11.2 Å². The summed E-state index contributed by atoms with van der Waals surface area (Å²) in [6.45, 7) is 0. The Hall–Kier alpha value is -2.20. The van der Waals surface area contributed by atoms with Crippen LogP contribution in [0, 0.1) is 6.20 Å². The van der Waals surface area contributed by atoms with Crippen molar-refractivity contribution in [2.45, 2.75) is 0 Å². The molecule has 1 heterocycles. The molecule has 2 aromatic carbocycles. The minimum atomic E-state index is -1.25. The van der Waals surface area contributed by atoms with Crippen LogP contribution in [0.1, 0.15) is 0 Å². The summed E-state index contributed by atoms with van der Waals surface area (Å²) in [5.74, 6) is 0. The van der Waals surface area contributed by atoms with E-state index in [9.17, 15) is 4.21 Å². The van der Waals surface area contributed by atoms with E-state index in [0.717, 1.165) is 11.4 Å². The van der Waals surface area contributed by atoms with Crippen molar-refractivity contribution in [1.29, 1.82) is 0 Å². The van der Waals surface area contributed by atoms with Crippen LogP contribution < -0.4 is 4.90 Å². The third kappa shape index (κ3) is 2.48. The summed E-state index contributed by atoms with van der Waals surface area (Å²) in [5.41, 5.74) is 1.68. The van der Waals surface area contributed by atoms with Gasteiger partial charge in [-0.1, -0.05) is 60.4 Å². The lowest BCUT2D eigenvalue weighted by Crippen LogP contribution is -2.23. The third-order valence-electron chi connectivity index (χ3n) is 2.66. The molecule has 3 rings (SSSR count). The topological polar surface area (TPSA) is 32.7 Å². The van der Waals surface area contributed by atoms with Gasteiger partial charge < -0.3 is 4.90 Å². The molecule has 0 spiro atoms. The molecule has 0 aromatic heterocycles. The maximum atomic E-state index is 12.0. The molecule has 94 valence electrons. The van der Waals surface area contributed by atoms with Crippen molar-refractivity contribution in [2.75, 3.05) is 4.90 Å². The Labute approximate surface area is 114 Å². The number of aliphatic imine (C=N–C) groups is 1. The summed E-state index contributed by atoms with van der Waals surface area (Å²) in [6.07, 6.45) is 2.97. The summed E-state index contributed by atoms with van der Waals surface area (Å²) in [7, 11) is -1.25. The summed E-state index contributed by atoms with van der Waals surface area (Å²) < 4.78 is 12.0. The standard InChI is InChI=1S/C15H11N2OS/c18-19-12-11-17(14-9-5-2-6-10-14)15(19)16-13-7-3-1-4-8-13/h1-10,12H/q-1. The number of para-hydroxylation sites is 2. The van der Waals surface area contributed by atoms with Crippen LogP contribution in [0.25, 0.3) is 0 Å². The zero-order chi connectivity index (χ0) is 13.1. The van der Waals surface area contributed by atoms with Gasteiger partial charge in [-0.3, -0.25) is 9.20 Å². The maximum Gasteiger partial charge on any atom is 0.0962 e. The molecule has 0 aliphatic carbocycles. The maximum absolute atomic E-state index is 12.0. The summed E-state index contributed by atoms with van der Waals surface area (Å²) in [4.78, 5) is 6.17. The van der Waals surface area contributed by atoms with E-state index >= 15 is 0 Å². The van der Waals surface area contributed by atoms with Crippen LogP contribution in [-0.4, -0.2) is 9.38 Å². The Morgan fingerprint density at radius 1 is 0.947 bits per heavy atom. The minimum absolute atomic E-state index is 0.484. The van der Waals surface area contributed by atoms with Crippen molar-refractivity contribution >= 4 is 27.3 Å². The van der Waals surface area contributed by atoms with Crippen molar-refractivity contribution in [1.82, 2.24) is 0 Å². The predicted octanol–water partition coefficient (Wildman–Crippen LogP) is 3.22. The number of amidine groups is 1. The number of hydrogen-bond acceptors (Lipinski definition) is 2. The SMILES string of the molecule is O=S1C=[C-]N(c2ccccc2)C1=Nc1ccccc1. The van der Waals surface area contributed by atoms with Gasteiger partial charge in [0.1, 0.15) is 0 Å². The van der Waals surface area contributed by atoms with Gasteiger partial charge in [0.15, 0.2) is 0 Å². The zero-order valence-electron chi connectivity index (χ0n) is 10.1. The second-order valence-corrected chi connectivity index (χ2v) is 5.14. The summed E-state index contributed by atoms with van der Waals surface area (Å²) in [6, 6.07) is 19.2. The molecule has 1 unspecified atom stereocenters.